The van der Waals surface area contributed by atoms with Gasteiger partial charge >= 0.3 is 5.97 Å². The zero-order valence-corrected chi connectivity index (χ0v) is 26.5. The van der Waals surface area contributed by atoms with Crippen LogP contribution in [0.3, 0.4) is 0 Å². The molecule has 0 N–H and O–H groups in total. The van der Waals surface area contributed by atoms with Gasteiger partial charge in [0.1, 0.15) is 6.10 Å². The van der Waals surface area contributed by atoms with Crippen molar-refractivity contribution in [2.24, 2.45) is 46.3 Å². The molecule has 5 rings (SSSR count). The van der Waals surface area contributed by atoms with Gasteiger partial charge in [0.15, 0.2) is 0 Å². The van der Waals surface area contributed by atoms with Crippen molar-refractivity contribution in [3.63, 3.8) is 0 Å². The number of rotatable bonds is 9. The summed E-state index contributed by atoms with van der Waals surface area (Å²) in [5.74, 6) is 5.03. The number of amides is 2. The molecule has 1 heterocycles. The van der Waals surface area contributed by atoms with Crippen LogP contribution in [-0.2, 0) is 14.3 Å². The standard InChI is InChI=1S/C34H53NO4S/c1-22(2)7-6-8-23(3)27-11-12-28-26-10-9-24-21-25(15-17-33(24,4)29(26)16-18-34(27,28)5)39-31(37)14-13-30(36)35-19-20-40-32(35)38/h9,22-23,25-29H,6-8,10-21H2,1-5H3/t23-,25+,26+,27-,28+,29+,33+,34-/m1/s1. The fourth-order valence-corrected chi connectivity index (χ4v) is 10.8. The molecule has 3 saturated carbocycles. The lowest BCUT2D eigenvalue weighted by Gasteiger charge is -2.58. The monoisotopic (exact) mass is 571 g/mol. The van der Waals surface area contributed by atoms with Crippen molar-refractivity contribution in [3.8, 4) is 0 Å². The molecule has 4 fully saturated rings. The lowest BCUT2D eigenvalue weighted by atomic mass is 9.47. The van der Waals surface area contributed by atoms with Crippen LogP contribution in [0, 0.1) is 46.3 Å². The zero-order valence-electron chi connectivity index (χ0n) is 25.7. The molecule has 0 radical (unpaired) electrons. The van der Waals surface area contributed by atoms with Crippen molar-refractivity contribution in [1.82, 2.24) is 4.90 Å². The number of hydrogen-bond acceptors (Lipinski definition) is 5. The third-order valence-electron chi connectivity index (χ3n) is 12.2. The molecule has 0 aromatic heterocycles. The van der Waals surface area contributed by atoms with Gasteiger partial charge in [-0.15, -0.1) is 0 Å². The second kappa shape index (κ2) is 12.1. The first kappa shape index (κ1) is 30.2. The molecule has 224 valence electrons. The minimum Gasteiger partial charge on any atom is -0.462 e. The van der Waals surface area contributed by atoms with E-state index < -0.39 is 0 Å². The highest BCUT2D eigenvalue weighted by atomic mass is 32.2. The van der Waals surface area contributed by atoms with Crippen LogP contribution in [0.15, 0.2) is 11.6 Å². The van der Waals surface area contributed by atoms with Crippen LogP contribution in [0.2, 0.25) is 0 Å². The van der Waals surface area contributed by atoms with E-state index in [1.54, 1.807) is 0 Å². The largest absolute Gasteiger partial charge is 0.462 e. The molecule has 0 bridgehead atoms. The van der Waals surface area contributed by atoms with Crippen LogP contribution in [-0.4, -0.2) is 40.4 Å². The predicted molar refractivity (Wildman–Crippen MR) is 162 cm³/mol. The molecular formula is C34H53NO4S. The van der Waals surface area contributed by atoms with E-state index in [-0.39, 0.29) is 41.5 Å². The average Bonchev–Trinajstić information content (AvgIpc) is 3.50. The zero-order chi connectivity index (χ0) is 28.7. The predicted octanol–water partition coefficient (Wildman–Crippen LogP) is 8.42. The number of ether oxygens (including phenoxy) is 1. The third kappa shape index (κ3) is 5.81. The van der Waals surface area contributed by atoms with Gasteiger partial charge < -0.3 is 4.74 Å². The van der Waals surface area contributed by atoms with Crippen LogP contribution in [0.4, 0.5) is 4.79 Å². The molecule has 1 saturated heterocycles. The fraction of sp³-hybridized carbons (Fsp3) is 0.853. The van der Waals surface area contributed by atoms with E-state index in [9.17, 15) is 14.4 Å². The van der Waals surface area contributed by atoms with Gasteiger partial charge in [0.2, 0.25) is 5.91 Å². The Kier molecular flexibility index (Phi) is 9.15. The molecule has 2 amide bonds. The Bertz CT molecular complexity index is 1010. The maximum atomic E-state index is 12.6. The number of imide groups is 1. The highest BCUT2D eigenvalue weighted by Crippen LogP contribution is 2.67. The van der Waals surface area contributed by atoms with Crippen molar-refractivity contribution >= 4 is 28.9 Å². The van der Waals surface area contributed by atoms with E-state index in [1.807, 2.05) is 0 Å². The van der Waals surface area contributed by atoms with Crippen LogP contribution < -0.4 is 0 Å². The highest BCUT2D eigenvalue weighted by molar-refractivity contribution is 8.13. The van der Waals surface area contributed by atoms with Gasteiger partial charge in [-0.05, 0) is 91.3 Å². The van der Waals surface area contributed by atoms with Crippen molar-refractivity contribution in [2.45, 2.75) is 124 Å². The lowest BCUT2D eigenvalue weighted by Crippen LogP contribution is -2.51. The molecule has 0 spiro atoms. The van der Waals surface area contributed by atoms with E-state index in [0.29, 0.717) is 17.7 Å². The number of carbonyl (C=O) groups is 3. The number of hydrogen-bond donors (Lipinski definition) is 0. The molecule has 1 aliphatic heterocycles. The first-order valence-electron chi connectivity index (χ1n) is 16.4. The molecule has 0 unspecified atom stereocenters. The summed E-state index contributed by atoms with van der Waals surface area (Å²) in [4.78, 5) is 38.0. The summed E-state index contributed by atoms with van der Waals surface area (Å²) < 4.78 is 5.89. The molecule has 0 aromatic rings. The maximum absolute atomic E-state index is 12.6. The molecular weight excluding hydrogens is 518 g/mol. The van der Waals surface area contributed by atoms with Gasteiger partial charge in [-0.2, -0.15) is 0 Å². The Balaban J connectivity index is 1.16. The molecule has 8 atom stereocenters. The Morgan fingerprint density at radius 2 is 1.85 bits per heavy atom. The Morgan fingerprint density at radius 3 is 2.58 bits per heavy atom. The van der Waals surface area contributed by atoms with Gasteiger partial charge in [0.05, 0.1) is 6.42 Å². The van der Waals surface area contributed by atoms with Crippen LogP contribution in [0.25, 0.3) is 0 Å². The van der Waals surface area contributed by atoms with E-state index in [0.717, 1.165) is 54.8 Å². The third-order valence-corrected chi connectivity index (χ3v) is 13.0. The number of allylic oxidation sites excluding steroid dienone is 1. The molecule has 5 aliphatic rings. The second-order valence-corrected chi connectivity index (χ2v) is 15.9. The Hall–Kier alpha value is -1.30. The first-order chi connectivity index (χ1) is 19.0. The maximum Gasteiger partial charge on any atom is 0.306 e. The minimum atomic E-state index is -0.302. The van der Waals surface area contributed by atoms with Gasteiger partial charge in [0, 0.05) is 25.1 Å². The number of thioether (sulfide) groups is 1. The number of fused-ring (bicyclic) bond motifs is 5. The van der Waals surface area contributed by atoms with Crippen molar-refractivity contribution in [1.29, 1.82) is 0 Å². The summed E-state index contributed by atoms with van der Waals surface area (Å²) in [7, 11) is 0. The van der Waals surface area contributed by atoms with Gasteiger partial charge in [-0.3, -0.25) is 19.3 Å². The summed E-state index contributed by atoms with van der Waals surface area (Å²) in [6.07, 6.45) is 16.3. The van der Waals surface area contributed by atoms with Crippen molar-refractivity contribution in [3.05, 3.63) is 11.6 Å². The quantitative estimate of drug-likeness (QED) is 0.205. The smallest absolute Gasteiger partial charge is 0.306 e. The Morgan fingerprint density at radius 1 is 1.05 bits per heavy atom. The number of carbonyl (C=O) groups excluding carboxylic acids is 3. The summed E-state index contributed by atoms with van der Waals surface area (Å²) in [6.45, 7) is 12.9. The van der Waals surface area contributed by atoms with Crippen LogP contribution >= 0.6 is 11.8 Å². The van der Waals surface area contributed by atoms with E-state index in [4.69, 9.17) is 4.74 Å². The number of nitrogens with zero attached hydrogens (tertiary/aromatic N) is 1. The van der Waals surface area contributed by atoms with Gasteiger partial charge in [-0.25, -0.2) is 0 Å². The van der Waals surface area contributed by atoms with Crippen LogP contribution in [0.1, 0.15) is 118 Å². The van der Waals surface area contributed by atoms with Crippen molar-refractivity contribution in [2.75, 3.05) is 12.3 Å². The van der Waals surface area contributed by atoms with E-state index in [2.05, 4.69) is 40.7 Å². The lowest BCUT2D eigenvalue weighted by molar-refractivity contribution is -0.153. The first-order valence-corrected chi connectivity index (χ1v) is 17.4. The topological polar surface area (TPSA) is 63.7 Å². The van der Waals surface area contributed by atoms with Gasteiger partial charge in [-0.1, -0.05) is 77.3 Å². The van der Waals surface area contributed by atoms with Crippen LogP contribution in [0.5, 0.6) is 0 Å². The average molecular weight is 572 g/mol. The SMILES string of the molecule is CC(C)CCC[C@@H](C)[C@H]1CC[C@H]2[C@@H]3CC=C4C[C@@H](OC(=O)CCC(=O)N5CCSC5=O)CC[C@]4(C)[C@H]3CC[C@]12C. The number of esters is 1. The highest BCUT2D eigenvalue weighted by Gasteiger charge is 2.59. The molecule has 6 heteroatoms. The summed E-state index contributed by atoms with van der Waals surface area (Å²) in [6, 6.07) is 0. The normalized spacial score (nSPS) is 38.0. The van der Waals surface area contributed by atoms with E-state index in [1.165, 1.54) is 73.6 Å². The molecule has 4 aliphatic carbocycles. The van der Waals surface area contributed by atoms with Crippen molar-refractivity contribution < 1.29 is 19.1 Å². The fourth-order valence-electron chi connectivity index (χ4n) is 9.96. The minimum absolute atomic E-state index is 0.0551. The molecule has 0 aromatic carbocycles. The molecule has 5 nitrogen and oxygen atoms in total. The Labute approximate surface area is 247 Å². The second-order valence-electron chi connectivity index (χ2n) is 14.8. The summed E-state index contributed by atoms with van der Waals surface area (Å²) >= 11 is 1.17. The summed E-state index contributed by atoms with van der Waals surface area (Å²) in [5, 5.41) is -0.195. The molecule has 40 heavy (non-hydrogen) atoms. The van der Waals surface area contributed by atoms with E-state index >= 15 is 0 Å². The van der Waals surface area contributed by atoms with Gasteiger partial charge in [0.25, 0.3) is 5.24 Å². The summed E-state index contributed by atoms with van der Waals surface area (Å²) in [5.41, 5.74) is 2.26.